The zero-order valence-corrected chi connectivity index (χ0v) is 18.1. The van der Waals surface area contributed by atoms with Gasteiger partial charge in [-0.05, 0) is 19.8 Å². The van der Waals surface area contributed by atoms with Crippen LogP contribution in [0.3, 0.4) is 0 Å². The minimum atomic E-state index is -0.857. The zero-order valence-electron chi connectivity index (χ0n) is 17.3. The number of methoxy groups -OCH3 is 2. The number of benzene rings is 1. The van der Waals surface area contributed by atoms with Crippen LogP contribution in [0.4, 0.5) is 5.69 Å². The lowest BCUT2D eigenvalue weighted by Crippen LogP contribution is -2.44. The van der Waals surface area contributed by atoms with Crippen molar-refractivity contribution < 1.29 is 23.9 Å². The monoisotopic (exact) mass is 438 g/mol. The van der Waals surface area contributed by atoms with Gasteiger partial charge < -0.3 is 20.1 Å². The average molecular weight is 439 g/mol. The SMILES string of the molecule is COc1cc(NC(=O)C/C(C)=N\NC(=O)C(=O)NC2CCCCC2)c(OC)cc1Cl. The summed E-state index contributed by atoms with van der Waals surface area (Å²) in [6, 6.07) is 3.10. The molecule has 0 heterocycles. The smallest absolute Gasteiger partial charge is 0.329 e. The molecule has 3 N–H and O–H groups in total. The van der Waals surface area contributed by atoms with Crippen LogP contribution in [-0.4, -0.2) is 43.7 Å². The third-order valence-corrected chi connectivity index (χ3v) is 4.95. The number of carbonyl (C=O) groups is 3. The number of nitrogens with zero attached hydrogens (tertiary/aromatic N) is 1. The van der Waals surface area contributed by atoms with Crippen molar-refractivity contribution in [2.24, 2.45) is 5.10 Å². The van der Waals surface area contributed by atoms with Gasteiger partial charge in [0.1, 0.15) is 11.5 Å². The fourth-order valence-corrected chi connectivity index (χ4v) is 3.35. The standard InChI is InChI=1S/C20H27ClN4O5/c1-12(24-25-20(28)19(27)22-13-7-5-4-6-8-13)9-18(26)23-15-11-16(29-2)14(21)10-17(15)30-3/h10-11,13H,4-9H2,1-3H3,(H,22,27)(H,23,26)(H,25,28)/b24-12-. The molecule has 1 aromatic rings. The highest BCUT2D eigenvalue weighted by molar-refractivity contribution is 6.35. The van der Waals surface area contributed by atoms with Crippen LogP contribution in [0, 0.1) is 0 Å². The highest BCUT2D eigenvalue weighted by Gasteiger charge is 2.20. The number of anilines is 1. The summed E-state index contributed by atoms with van der Waals surface area (Å²) in [5, 5.41) is 9.57. The van der Waals surface area contributed by atoms with Crippen LogP contribution >= 0.6 is 11.6 Å². The van der Waals surface area contributed by atoms with Gasteiger partial charge in [-0.25, -0.2) is 5.43 Å². The Balaban J connectivity index is 1.88. The van der Waals surface area contributed by atoms with E-state index in [2.05, 4.69) is 21.2 Å². The molecular formula is C20H27ClN4O5. The molecule has 1 aliphatic rings. The third kappa shape index (κ3) is 6.91. The first-order valence-corrected chi connectivity index (χ1v) is 10.1. The Morgan fingerprint density at radius 1 is 1.07 bits per heavy atom. The van der Waals surface area contributed by atoms with Crippen LogP contribution in [0.5, 0.6) is 11.5 Å². The number of ether oxygens (including phenoxy) is 2. The summed E-state index contributed by atoms with van der Waals surface area (Å²) in [4.78, 5) is 36.2. The van der Waals surface area contributed by atoms with E-state index >= 15 is 0 Å². The van der Waals surface area contributed by atoms with E-state index < -0.39 is 11.8 Å². The molecule has 1 aliphatic carbocycles. The Hall–Kier alpha value is -2.81. The van der Waals surface area contributed by atoms with Gasteiger partial charge in [0, 0.05) is 23.9 Å². The third-order valence-electron chi connectivity index (χ3n) is 4.66. The summed E-state index contributed by atoms with van der Waals surface area (Å²) in [6.45, 7) is 1.57. The van der Waals surface area contributed by atoms with Gasteiger partial charge in [-0.3, -0.25) is 14.4 Å². The van der Waals surface area contributed by atoms with E-state index in [0.717, 1.165) is 32.1 Å². The maximum Gasteiger partial charge on any atom is 0.329 e. The number of carbonyl (C=O) groups excluding carboxylic acids is 3. The number of hydrogen-bond donors (Lipinski definition) is 3. The van der Waals surface area contributed by atoms with Crippen LogP contribution in [-0.2, 0) is 14.4 Å². The van der Waals surface area contributed by atoms with Crippen molar-refractivity contribution in [1.82, 2.24) is 10.7 Å². The molecule has 0 bridgehead atoms. The predicted molar refractivity (Wildman–Crippen MR) is 114 cm³/mol. The summed E-state index contributed by atoms with van der Waals surface area (Å²) in [5.74, 6) is -1.21. The van der Waals surface area contributed by atoms with E-state index in [-0.39, 0.29) is 18.4 Å². The van der Waals surface area contributed by atoms with Crippen molar-refractivity contribution in [3.63, 3.8) is 0 Å². The van der Waals surface area contributed by atoms with Crippen LogP contribution in [0.25, 0.3) is 0 Å². The average Bonchev–Trinajstić information content (AvgIpc) is 2.73. The molecule has 0 saturated heterocycles. The molecule has 164 valence electrons. The molecular weight excluding hydrogens is 412 g/mol. The van der Waals surface area contributed by atoms with Crippen LogP contribution < -0.4 is 25.5 Å². The molecule has 2 rings (SSSR count). The fourth-order valence-electron chi connectivity index (χ4n) is 3.12. The van der Waals surface area contributed by atoms with E-state index in [1.54, 1.807) is 13.0 Å². The molecule has 1 saturated carbocycles. The zero-order chi connectivity index (χ0) is 22.1. The van der Waals surface area contributed by atoms with E-state index in [9.17, 15) is 14.4 Å². The summed E-state index contributed by atoms with van der Waals surface area (Å²) < 4.78 is 10.4. The molecule has 0 radical (unpaired) electrons. The van der Waals surface area contributed by atoms with Crippen LogP contribution in [0.2, 0.25) is 5.02 Å². The van der Waals surface area contributed by atoms with Crippen LogP contribution in [0.1, 0.15) is 45.4 Å². The predicted octanol–water partition coefficient (Wildman–Crippen LogP) is 2.63. The Labute approximate surface area is 180 Å². The van der Waals surface area contributed by atoms with Crippen molar-refractivity contribution >= 4 is 40.7 Å². The van der Waals surface area contributed by atoms with Crippen molar-refractivity contribution in [3.05, 3.63) is 17.2 Å². The van der Waals surface area contributed by atoms with Crippen LogP contribution in [0.15, 0.2) is 17.2 Å². The molecule has 0 aliphatic heterocycles. The highest BCUT2D eigenvalue weighted by Crippen LogP contribution is 2.35. The molecule has 0 unspecified atom stereocenters. The lowest BCUT2D eigenvalue weighted by atomic mass is 9.95. The first kappa shape index (κ1) is 23.5. The Kier molecular flexibility index (Phi) is 8.91. The molecule has 3 amide bonds. The normalized spacial score (nSPS) is 14.6. The summed E-state index contributed by atoms with van der Waals surface area (Å²) in [6.07, 6.45) is 4.89. The first-order valence-electron chi connectivity index (χ1n) is 9.69. The molecule has 1 fully saturated rings. The van der Waals surface area contributed by atoms with Gasteiger partial charge in [0.25, 0.3) is 0 Å². The number of rotatable bonds is 7. The second kappa shape index (κ2) is 11.4. The summed E-state index contributed by atoms with van der Waals surface area (Å²) in [5.41, 5.74) is 2.89. The van der Waals surface area contributed by atoms with Gasteiger partial charge in [-0.2, -0.15) is 5.10 Å². The van der Waals surface area contributed by atoms with Gasteiger partial charge in [-0.15, -0.1) is 0 Å². The molecule has 9 nitrogen and oxygen atoms in total. The first-order chi connectivity index (χ1) is 14.3. The van der Waals surface area contributed by atoms with E-state index in [0.29, 0.717) is 27.9 Å². The van der Waals surface area contributed by atoms with Crippen molar-refractivity contribution in [1.29, 1.82) is 0 Å². The van der Waals surface area contributed by atoms with Gasteiger partial charge in [0.05, 0.1) is 31.4 Å². The van der Waals surface area contributed by atoms with Gasteiger partial charge in [0.15, 0.2) is 0 Å². The molecule has 10 heteroatoms. The van der Waals surface area contributed by atoms with E-state index in [1.807, 2.05) is 0 Å². The van der Waals surface area contributed by atoms with E-state index in [4.69, 9.17) is 21.1 Å². The van der Waals surface area contributed by atoms with Crippen molar-refractivity contribution in [3.8, 4) is 11.5 Å². The molecule has 0 atom stereocenters. The minimum absolute atomic E-state index is 0.0270. The van der Waals surface area contributed by atoms with Gasteiger partial charge in [0.2, 0.25) is 5.91 Å². The quantitative estimate of drug-likeness (QED) is 0.343. The number of nitrogens with one attached hydrogen (secondary N) is 3. The van der Waals surface area contributed by atoms with Crippen molar-refractivity contribution in [2.75, 3.05) is 19.5 Å². The second-order valence-electron chi connectivity index (χ2n) is 7.01. The topological polar surface area (TPSA) is 118 Å². The lowest BCUT2D eigenvalue weighted by Gasteiger charge is -2.22. The van der Waals surface area contributed by atoms with E-state index in [1.165, 1.54) is 20.3 Å². The van der Waals surface area contributed by atoms with Gasteiger partial charge >= 0.3 is 11.8 Å². The molecule has 0 spiro atoms. The second-order valence-corrected chi connectivity index (χ2v) is 7.42. The highest BCUT2D eigenvalue weighted by atomic mass is 35.5. The van der Waals surface area contributed by atoms with Crippen molar-refractivity contribution in [2.45, 2.75) is 51.5 Å². The van der Waals surface area contributed by atoms with Gasteiger partial charge in [-0.1, -0.05) is 30.9 Å². The lowest BCUT2D eigenvalue weighted by molar-refractivity contribution is -0.139. The largest absolute Gasteiger partial charge is 0.495 e. The molecule has 1 aromatic carbocycles. The maximum atomic E-state index is 12.3. The number of hydrogen-bond acceptors (Lipinski definition) is 6. The number of halogens is 1. The molecule has 0 aromatic heterocycles. The molecule has 30 heavy (non-hydrogen) atoms. The Bertz CT molecular complexity index is 822. The number of hydrazone groups is 1. The minimum Gasteiger partial charge on any atom is -0.495 e. The maximum absolute atomic E-state index is 12.3. The summed E-state index contributed by atoms with van der Waals surface area (Å²) >= 11 is 6.05. The fraction of sp³-hybridized carbons (Fsp3) is 0.500. The Morgan fingerprint density at radius 2 is 1.73 bits per heavy atom. The summed E-state index contributed by atoms with van der Waals surface area (Å²) in [7, 11) is 2.91. The Morgan fingerprint density at radius 3 is 2.37 bits per heavy atom. The number of amides is 3.